The second kappa shape index (κ2) is 7.59. The summed E-state index contributed by atoms with van der Waals surface area (Å²) in [5, 5.41) is 11.1. The molecule has 0 saturated heterocycles. The topological polar surface area (TPSA) is 81.2 Å². The lowest BCUT2D eigenvalue weighted by atomic mass is 10.3. The van der Waals surface area contributed by atoms with E-state index in [9.17, 15) is 4.79 Å². The van der Waals surface area contributed by atoms with Crippen LogP contribution in [0.15, 0.2) is 55.5 Å². The van der Waals surface area contributed by atoms with E-state index < -0.39 is 0 Å². The molecule has 24 heavy (non-hydrogen) atoms. The van der Waals surface area contributed by atoms with Gasteiger partial charge in [-0.2, -0.15) is 0 Å². The van der Waals surface area contributed by atoms with E-state index in [1.807, 2.05) is 37.4 Å². The van der Waals surface area contributed by atoms with E-state index in [-0.39, 0.29) is 11.7 Å². The molecule has 1 aromatic carbocycles. The van der Waals surface area contributed by atoms with Gasteiger partial charge in [-0.25, -0.2) is 0 Å². The number of aryl methyl sites for hydroxylation is 1. The standard InChI is InChI=1S/C16H15N3O3S2/c1-10-13(7-8-21-10)15-18-19-16(22-15)24-9-14(20)17-11-3-5-12(23-2)6-4-11/h3-8H,9H2,1-2H3,(H,17,20). The van der Waals surface area contributed by atoms with Gasteiger partial charge >= 0.3 is 0 Å². The van der Waals surface area contributed by atoms with E-state index in [0.29, 0.717) is 16.9 Å². The fourth-order valence-corrected chi connectivity index (χ4v) is 2.95. The fraction of sp³-hybridized carbons (Fsp3) is 0.188. The number of thioether (sulfide) groups is 2. The van der Waals surface area contributed by atoms with Crippen molar-refractivity contribution in [1.29, 1.82) is 0 Å². The molecule has 6 nitrogen and oxygen atoms in total. The summed E-state index contributed by atoms with van der Waals surface area (Å²) in [5.41, 5.74) is 1.52. The molecule has 1 N–H and O–H groups in total. The Kier molecular flexibility index (Phi) is 5.27. The molecule has 0 saturated carbocycles. The summed E-state index contributed by atoms with van der Waals surface area (Å²) in [5.74, 6) is 1.16. The van der Waals surface area contributed by atoms with Crippen molar-refractivity contribution in [3.05, 3.63) is 42.4 Å². The van der Waals surface area contributed by atoms with Crippen LogP contribution in [0.3, 0.4) is 0 Å². The van der Waals surface area contributed by atoms with Crippen LogP contribution in [-0.2, 0) is 4.79 Å². The van der Waals surface area contributed by atoms with Crippen LogP contribution in [0.2, 0.25) is 0 Å². The zero-order valence-electron chi connectivity index (χ0n) is 13.1. The average molecular weight is 361 g/mol. The van der Waals surface area contributed by atoms with Gasteiger partial charge < -0.3 is 14.2 Å². The predicted octanol–water partition coefficient (Wildman–Crippen LogP) is 4.09. The Hall–Kier alpha value is -2.19. The molecule has 0 radical (unpaired) electrons. The highest BCUT2D eigenvalue weighted by Crippen LogP contribution is 2.26. The summed E-state index contributed by atoms with van der Waals surface area (Å²) >= 11 is 2.85. The Morgan fingerprint density at radius 2 is 2.00 bits per heavy atom. The molecule has 1 amide bonds. The number of aromatic nitrogens is 2. The summed E-state index contributed by atoms with van der Waals surface area (Å²) in [7, 11) is 0. The van der Waals surface area contributed by atoms with Crippen molar-refractivity contribution < 1.29 is 13.6 Å². The monoisotopic (exact) mass is 361 g/mol. The normalized spacial score (nSPS) is 10.8. The minimum atomic E-state index is -0.129. The number of hydrogen-bond acceptors (Lipinski definition) is 7. The largest absolute Gasteiger partial charge is 0.469 e. The Labute approximate surface area is 147 Å². The molecule has 0 fully saturated rings. The zero-order valence-corrected chi connectivity index (χ0v) is 14.7. The lowest BCUT2D eigenvalue weighted by Crippen LogP contribution is -2.13. The summed E-state index contributed by atoms with van der Waals surface area (Å²) in [6.07, 6.45) is 3.57. The van der Waals surface area contributed by atoms with E-state index >= 15 is 0 Å². The quantitative estimate of drug-likeness (QED) is 0.662. The molecule has 0 spiro atoms. The highest BCUT2D eigenvalue weighted by molar-refractivity contribution is 7.99. The second-order valence-corrected chi connectivity index (χ2v) is 6.64. The van der Waals surface area contributed by atoms with Crippen LogP contribution in [0.1, 0.15) is 5.76 Å². The summed E-state index contributed by atoms with van der Waals surface area (Å²) in [4.78, 5) is 13.1. The first kappa shape index (κ1) is 16.7. The lowest BCUT2D eigenvalue weighted by molar-refractivity contribution is -0.113. The molecule has 0 bridgehead atoms. The number of amides is 1. The van der Waals surface area contributed by atoms with Crippen molar-refractivity contribution >= 4 is 35.1 Å². The smallest absolute Gasteiger partial charge is 0.277 e. The van der Waals surface area contributed by atoms with Crippen LogP contribution in [0.4, 0.5) is 5.69 Å². The number of carbonyl (C=O) groups is 1. The first-order chi connectivity index (χ1) is 11.7. The second-order valence-electron chi connectivity index (χ2n) is 4.83. The molecule has 0 aliphatic heterocycles. The van der Waals surface area contributed by atoms with E-state index in [0.717, 1.165) is 16.1 Å². The van der Waals surface area contributed by atoms with Crippen molar-refractivity contribution in [2.24, 2.45) is 0 Å². The minimum absolute atomic E-state index is 0.129. The Morgan fingerprint density at radius 1 is 1.21 bits per heavy atom. The molecule has 3 aromatic rings. The van der Waals surface area contributed by atoms with E-state index in [1.165, 1.54) is 11.8 Å². The molecule has 3 rings (SSSR count). The number of nitrogens with one attached hydrogen (secondary N) is 1. The Bertz CT molecular complexity index is 827. The SMILES string of the molecule is CSc1ccc(NC(=O)CSc2nnc(-c3ccoc3C)o2)cc1. The van der Waals surface area contributed by atoms with Crippen molar-refractivity contribution in [3.63, 3.8) is 0 Å². The molecular weight excluding hydrogens is 346 g/mol. The first-order valence-electron chi connectivity index (χ1n) is 7.10. The van der Waals surface area contributed by atoms with Gasteiger partial charge in [-0.1, -0.05) is 11.8 Å². The number of nitrogens with zero attached hydrogens (tertiary/aromatic N) is 2. The van der Waals surface area contributed by atoms with Crippen LogP contribution in [0.5, 0.6) is 0 Å². The molecule has 124 valence electrons. The fourth-order valence-electron chi connectivity index (χ4n) is 1.98. The van der Waals surface area contributed by atoms with Crippen LogP contribution in [-0.4, -0.2) is 28.1 Å². The number of carbonyl (C=O) groups excluding carboxylic acids is 1. The van der Waals surface area contributed by atoms with Gasteiger partial charge in [-0.15, -0.1) is 22.0 Å². The lowest BCUT2D eigenvalue weighted by Gasteiger charge is -2.04. The average Bonchev–Trinajstić information content (AvgIpc) is 3.22. The number of furan rings is 1. The van der Waals surface area contributed by atoms with Crippen LogP contribution in [0.25, 0.3) is 11.5 Å². The predicted molar refractivity (Wildman–Crippen MR) is 94.3 cm³/mol. The van der Waals surface area contributed by atoms with E-state index in [4.69, 9.17) is 8.83 Å². The van der Waals surface area contributed by atoms with E-state index in [1.54, 1.807) is 24.1 Å². The van der Waals surface area contributed by atoms with Crippen molar-refractivity contribution in [2.75, 3.05) is 17.3 Å². The number of benzene rings is 1. The number of hydrogen-bond donors (Lipinski definition) is 1. The third kappa shape index (κ3) is 4.01. The summed E-state index contributed by atoms with van der Waals surface area (Å²) < 4.78 is 10.7. The molecule has 8 heteroatoms. The van der Waals surface area contributed by atoms with E-state index in [2.05, 4.69) is 15.5 Å². The molecule has 2 heterocycles. The van der Waals surface area contributed by atoms with Crippen molar-refractivity contribution in [1.82, 2.24) is 10.2 Å². The Balaban J connectivity index is 1.54. The highest BCUT2D eigenvalue weighted by Gasteiger charge is 2.14. The van der Waals surface area contributed by atoms with Gasteiger partial charge in [0, 0.05) is 10.6 Å². The maximum Gasteiger partial charge on any atom is 0.277 e. The number of anilines is 1. The zero-order chi connectivity index (χ0) is 16.9. The maximum absolute atomic E-state index is 12.0. The third-order valence-corrected chi connectivity index (χ3v) is 4.76. The molecule has 2 aromatic heterocycles. The van der Waals surface area contributed by atoms with Gasteiger partial charge in [-0.05, 0) is 43.5 Å². The van der Waals surface area contributed by atoms with Gasteiger partial charge in [0.15, 0.2) is 0 Å². The van der Waals surface area contributed by atoms with Crippen LogP contribution >= 0.6 is 23.5 Å². The van der Waals surface area contributed by atoms with Gasteiger partial charge in [0.25, 0.3) is 11.1 Å². The highest BCUT2D eigenvalue weighted by atomic mass is 32.2. The minimum Gasteiger partial charge on any atom is -0.469 e. The third-order valence-electron chi connectivity index (χ3n) is 3.20. The Morgan fingerprint density at radius 3 is 2.67 bits per heavy atom. The molecule has 0 aliphatic carbocycles. The van der Waals surface area contributed by atoms with Crippen LogP contribution in [0, 0.1) is 6.92 Å². The molecule has 0 aliphatic rings. The van der Waals surface area contributed by atoms with Gasteiger partial charge in [0.05, 0.1) is 17.6 Å². The van der Waals surface area contributed by atoms with Crippen LogP contribution < -0.4 is 5.32 Å². The maximum atomic E-state index is 12.0. The van der Waals surface area contributed by atoms with Gasteiger partial charge in [0.2, 0.25) is 5.91 Å². The summed E-state index contributed by atoms with van der Waals surface area (Å²) in [6.45, 7) is 1.82. The molecule has 0 unspecified atom stereocenters. The summed E-state index contributed by atoms with van der Waals surface area (Å²) in [6, 6.07) is 9.44. The number of rotatable bonds is 6. The first-order valence-corrected chi connectivity index (χ1v) is 9.31. The van der Waals surface area contributed by atoms with Gasteiger partial charge in [-0.3, -0.25) is 4.79 Å². The van der Waals surface area contributed by atoms with Gasteiger partial charge in [0.1, 0.15) is 5.76 Å². The molecular formula is C16H15N3O3S2. The van der Waals surface area contributed by atoms with Crippen molar-refractivity contribution in [3.8, 4) is 11.5 Å². The molecule has 0 atom stereocenters. The van der Waals surface area contributed by atoms with Crippen molar-refractivity contribution in [2.45, 2.75) is 17.0 Å².